The Labute approximate surface area is 117 Å². The summed E-state index contributed by atoms with van der Waals surface area (Å²) in [6, 6.07) is 2.75. The van der Waals surface area contributed by atoms with Gasteiger partial charge in [0.2, 0.25) is 0 Å². The molecule has 0 aromatic carbocycles. The Balaban J connectivity index is 1.57. The van der Waals surface area contributed by atoms with Crippen molar-refractivity contribution in [3.8, 4) is 0 Å². The first kappa shape index (κ1) is 12.6. The zero-order valence-corrected chi connectivity index (χ0v) is 12.2. The number of aromatic nitrogens is 2. The molecule has 4 nitrogen and oxygen atoms in total. The van der Waals surface area contributed by atoms with E-state index in [0.717, 1.165) is 30.1 Å². The van der Waals surface area contributed by atoms with Crippen LogP contribution in [0.2, 0.25) is 0 Å². The van der Waals surface area contributed by atoms with Crippen LogP contribution in [0.1, 0.15) is 0 Å². The van der Waals surface area contributed by atoms with E-state index < -0.39 is 0 Å². The molecule has 6 heteroatoms. The molecule has 0 spiro atoms. The third-order valence-corrected chi connectivity index (χ3v) is 5.05. The molecular formula is C12H18N4S2. The Morgan fingerprint density at radius 3 is 2.83 bits per heavy atom. The van der Waals surface area contributed by atoms with Crippen molar-refractivity contribution in [1.29, 1.82) is 0 Å². The van der Waals surface area contributed by atoms with Gasteiger partial charge in [0.05, 0.1) is 0 Å². The van der Waals surface area contributed by atoms with Crippen LogP contribution in [0.4, 0.5) is 5.82 Å². The van der Waals surface area contributed by atoms with E-state index in [4.69, 9.17) is 0 Å². The molecule has 0 bridgehead atoms. The van der Waals surface area contributed by atoms with Crippen LogP contribution in [0.15, 0.2) is 17.4 Å². The van der Waals surface area contributed by atoms with Gasteiger partial charge in [0.15, 0.2) is 5.16 Å². The highest BCUT2D eigenvalue weighted by Crippen LogP contribution is 2.24. The van der Waals surface area contributed by atoms with Crippen molar-refractivity contribution in [3.05, 3.63) is 12.3 Å². The van der Waals surface area contributed by atoms with Crippen LogP contribution in [0.25, 0.3) is 0 Å². The minimum Gasteiger partial charge on any atom is -0.353 e. The summed E-state index contributed by atoms with van der Waals surface area (Å²) in [5.41, 5.74) is 0. The minimum atomic E-state index is 0.735. The number of hydrogen-bond donors (Lipinski definition) is 0. The Bertz CT molecular complexity index is 403. The van der Waals surface area contributed by atoms with Crippen molar-refractivity contribution in [2.45, 2.75) is 11.2 Å². The molecule has 1 aromatic rings. The fourth-order valence-electron chi connectivity index (χ4n) is 2.42. The highest BCUT2D eigenvalue weighted by molar-refractivity contribution is 7.99. The van der Waals surface area contributed by atoms with E-state index in [1.165, 1.54) is 24.6 Å². The summed E-state index contributed by atoms with van der Waals surface area (Å²) in [4.78, 5) is 13.8. The van der Waals surface area contributed by atoms with E-state index in [1.54, 1.807) is 11.8 Å². The summed E-state index contributed by atoms with van der Waals surface area (Å²) in [5, 5.41) is 0.866. The lowest BCUT2D eigenvalue weighted by atomic mass is 10.1. The van der Waals surface area contributed by atoms with Gasteiger partial charge in [0.25, 0.3) is 0 Å². The lowest BCUT2D eigenvalue weighted by Gasteiger charge is -2.47. The molecule has 2 saturated heterocycles. The second kappa shape index (κ2) is 5.67. The van der Waals surface area contributed by atoms with Crippen LogP contribution >= 0.6 is 23.5 Å². The van der Waals surface area contributed by atoms with E-state index in [1.807, 2.05) is 18.5 Å². The highest BCUT2D eigenvalue weighted by atomic mass is 32.2. The van der Waals surface area contributed by atoms with Crippen molar-refractivity contribution in [1.82, 2.24) is 14.9 Å². The monoisotopic (exact) mass is 282 g/mol. The van der Waals surface area contributed by atoms with Gasteiger partial charge in [-0.3, -0.25) is 4.90 Å². The third kappa shape index (κ3) is 2.60. The Morgan fingerprint density at radius 2 is 2.11 bits per heavy atom. The van der Waals surface area contributed by atoms with Crippen molar-refractivity contribution in [2.24, 2.45) is 0 Å². The molecule has 0 saturated carbocycles. The Hall–Kier alpha value is -0.460. The maximum Gasteiger partial charge on any atom is 0.189 e. The van der Waals surface area contributed by atoms with Crippen molar-refractivity contribution >= 4 is 29.3 Å². The summed E-state index contributed by atoms with van der Waals surface area (Å²) in [6.45, 7) is 4.75. The molecule has 98 valence electrons. The zero-order valence-electron chi connectivity index (χ0n) is 10.6. The first-order valence-electron chi connectivity index (χ1n) is 6.30. The highest BCUT2D eigenvalue weighted by Gasteiger charge is 2.33. The van der Waals surface area contributed by atoms with Crippen LogP contribution in [-0.2, 0) is 0 Å². The minimum absolute atomic E-state index is 0.735. The number of rotatable bonds is 3. The molecule has 0 N–H and O–H groups in total. The molecule has 0 radical (unpaired) electrons. The molecule has 2 fully saturated rings. The number of nitrogens with zero attached hydrogens (tertiary/aromatic N) is 4. The smallest absolute Gasteiger partial charge is 0.189 e. The quantitative estimate of drug-likeness (QED) is 0.616. The van der Waals surface area contributed by atoms with Gasteiger partial charge in [0.1, 0.15) is 5.82 Å². The molecular weight excluding hydrogens is 264 g/mol. The Morgan fingerprint density at radius 1 is 1.33 bits per heavy atom. The van der Waals surface area contributed by atoms with E-state index in [2.05, 4.69) is 31.5 Å². The van der Waals surface area contributed by atoms with Gasteiger partial charge in [-0.1, -0.05) is 11.8 Å². The van der Waals surface area contributed by atoms with Gasteiger partial charge in [-0.2, -0.15) is 11.8 Å². The summed E-state index contributed by atoms with van der Waals surface area (Å²) in [7, 11) is 0. The molecule has 18 heavy (non-hydrogen) atoms. The summed E-state index contributed by atoms with van der Waals surface area (Å²) in [5.74, 6) is 3.67. The fourth-order valence-corrected chi connectivity index (χ4v) is 3.70. The van der Waals surface area contributed by atoms with Crippen LogP contribution in [0, 0.1) is 0 Å². The zero-order chi connectivity index (χ0) is 12.4. The van der Waals surface area contributed by atoms with E-state index in [-0.39, 0.29) is 0 Å². The predicted molar refractivity (Wildman–Crippen MR) is 78.7 cm³/mol. The summed E-state index contributed by atoms with van der Waals surface area (Å²) < 4.78 is 0. The molecule has 3 rings (SSSR count). The van der Waals surface area contributed by atoms with E-state index in [9.17, 15) is 0 Å². The average molecular weight is 282 g/mol. The van der Waals surface area contributed by atoms with Crippen LogP contribution < -0.4 is 4.90 Å². The topological polar surface area (TPSA) is 32.3 Å². The molecule has 0 unspecified atom stereocenters. The molecule has 2 aliphatic heterocycles. The first-order chi connectivity index (χ1) is 8.86. The second-order valence-electron chi connectivity index (χ2n) is 4.61. The third-order valence-electron chi connectivity index (χ3n) is 3.55. The molecule has 0 aliphatic carbocycles. The molecule has 2 aliphatic rings. The summed E-state index contributed by atoms with van der Waals surface area (Å²) >= 11 is 3.68. The van der Waals surface area contributed by atoms with Crippen molar-refractivity contribution < 1.29 is 0 Å². The lowest BCUT2D eigenvalue weighted by Crippen LogP contribution is -2.61. The molecule has 0 atom stereocenters. The standard InChI is InChI=1S/C12H18N4S2/c1-17-12-13-3-2-11(14-12)16-8-10(9-16)15-4-6-18-7-5-15/h2-3,10H,4-9H2,1H3. The van der Waals surface area contributed by atoms with Gasteiger partial charge < -0.3 is 4.90 Å². The van der Waals surface area contributed by atoms with Crippen molar-refractivity contribution in [3.63, 3.8) is 0 Å². The van der Waals surface area contributed by atoms with Gasteiger partial charge in [-0.25, -0.2) is 9.97 Å². The number of hydrogen-bond acceptors (Lipinski definition) is 6. The van der Waals surface area contributed by atoms with E-state index >= 15 is 0 Å². The van der Waals surface area contributed by atoms with Crippen LogP contribution in [-0.4, -0.2) is 64.9 Å². The van der Waals surface area contributed by atoms with Gasteiger partial charge in [-0.15, -0.1) is 0 Å². The van der Waals surface area contributed by atoms with Crippen molar-refractivity contribution in [2.75, 3.05) is 48.8 Å². The van der Waals surface area contributed by atoms with Crippen LogP contribution in [0.5, 0.6) is 0 Å². The molecule has 1 aromatic heterocycles. The Kier molecular flexibility index (Phi) is 3.96. The van der Waals surface area contributed by atoms with Gasteiger partial charge in [-0.05, 0) is 12.3 Å². The molecule has 0 amide bonds. The normalized spacial score (nSPS) is 21.9. The second-order valence-corrected chi connectivity index (χ2v) is 6.61. The fraction of sp³-hybridized carbons (Fsp3) is 0.667. The predicted octanol–water partition coefficient (Wildman–Crippen LogP) is 1.44. The maximum atomic E-state index is 4.55. The largest absolute Gasteiger partial charge is 0.353 e. The first-order valence-corrected chi connectivity index (χ1v) is 8.68. The maximum absolute atomic E-state index is 4.55. The molecule has 3 heterocycles. The average Bonchev–Trinajstić information content (AvgIpc) is 2.39. The number of anilines is 1. The van der Waals surface area contributed by atoms with Gasteiger partial charge >= 0.3 is 0 Å². The SMILES string of the molecule is CSc1nccc(N2CC(N3CCSCC3)C2)n1. The van der Waals surface area contributed by atoms with E-state index in [0.29, 0.717) is 0 Å². The number of thioether (sulfide) groups is 2. The van der Waals surface area contributed by atoms with Gasteiger partial charge in [0, 0.05) is 49.9 Å². The lowest BCUT2D eigenvalue weighted by molar-refractivity contribution is 0.182. The van der Waals surface area contributed by atoms with Crippen LogP contribution in [0.3, 0.4) is 0 Å². The summed E-state index contributed by atoms with van der Waals surface area (Å²) in [6.07, 6.45) is 3.88.